The van der Waals surface area contributed by atoms with Gasteiger partial charge in [0, 0.05) is 25.7 Å². The lowest BCUT2D eigenvalue weighted by molar-refractivity contribution is -0.123. The van der Waals surface area contributed by atoms with E-state index in [1.165, 1.54) is 0 Å². The molecule has 1 amide bonds. The summed E-state index contributed by atoms with van der Waals surface area (Å²) in [5.41, 5.74) is 0. The first-order valence-electron chi connectivity index (χ1n) is 7.06. The highest BCUT2D eigenvalue weighted by Gasteiger charge is 2.26. The summed E-state index contributed by atoms with van der Waals surface area (Å²) in [5.74, 6) is 0.112. The number of carbonyl (C=O) groups is 1. The summed E-state index contributed by atoms with van der Waals surface area (Å²) in [6.07, 6.45) is 2.47. The Labute approximate surface area is 109 Å². The molecule has 0 radical (unpaired) electrons. The summed E-state index contributed by atoms with van der Waals surface area (Å²) in [6.45, 7) is 8.67. The summed E-state index contributed by atoms with van der Waals surface area (Å²) >= 11 is 0. The average molecular weight is 255 g/mol. The van der Waals surface area contributed by atoms with Crippen molar-refractivity contribution in [1.82, 2.24) is 15.5 Å². The Hall–Kier alpha value is -0.650. The molecular formula is C13H25N3O2. The second-order valence-corrected chi connectivity index (χ2v) is 5.30. The van der Waals surface area contributed by atoms with E-state index in [0.717, 1.165) is 45.6 Å². The van der Waals surface area contributed by atoms with Gasteiger partial charge in [0.15, 0.2) is 0 Å². The molecule has 0 bridgehead atoms. The molecule has 2 aliphatic rings. The number of nitrogens with zero attached hydrogens (tertiary/aromatic N) is 1. The minimum atomic E-state index is -0.133. The van der Waals surface area contributed by atoms with Gasteiger partial charge < -0.3 is 15.4 Å². The van der Waals surface area contributed by atoms with Crippen molar-refractivity contribution in [3.63, 3.8) is 0 Å². The predicted molar refractivity (Wildman–Crippen MR) is 70.5 cm³/mol. The quantitative estimate of drug-likeness (QED) is 0.699. The van der Waals surface area contributed by atoms with Crippen molar-refractivity contribution in [2.75, 3.05) is 32.8 Å². The van der Waals surface area contributed by atoms with Crippen molar-refractivity contribution in [2.45, 2.75) is 44.9 Å². The molecule has 2 N–H and O–H groups in total. The normalized spacial score (nSPS) is 26.9. The maximum absolute atomic E-state index is 11.8. The van der Waals surface area contributed by atoms with Crippen molar-refractivity contribution >= 4 is 5.91 Å². The molecule has 0 aromatic heterocycles. The van der Waals surface area contributed by atoms with E-state index >= 15 is 0 Å². The minimum absolute atomic E-state index is 0.112. The van der Waals surface area contributed by atoms with Crippen molar-refractivity contribution in [3.05, 3.63) is 0 Å². The molecule has 1 heterocycles. The summed E-state index contributed by atoms with van der Waals surface area (Å²) in [7, 11) is 0. The minimum Gasteiger partial charge on any atom is -0.374 e. The lowest BCUT2D eigenvalue weighted by Crippen LogP contribution is -2.50. The number of likely N-dealkylation sites (N-methyl/N-ethyl adjacent to an activating group) is 1. The molecule has 5 nitrogen and oxygen atoms in total. The number of carbonyl (C=O) groups excluding carboxylic acids is 1. The van der Waals surface area contributed by atoms with Gasteiger partial charge in [-0.25, -0.2) is 0 Å². The summed E-state index contributed by atoms with van der Waals surface area (Å²) in [6, 6.07) is 0.300. The van der Waals surface area contributed by atoms with Crippen LogP contribution in [0.25, 0.3) is 0 Å². The molecule has 0 aromatic rings. The van der Waals surface area contributed by atoms with Gasteiger partial charge in [-0.2, -0.15) is 0 Å². The lowest BCUT2D eigenvalue weighted by Gasteiger charge is -2.32. The number of hydrogen-bond acceptors (Lipinski definition) is 4. The molecule has 2 unspecified atom stereocenters. The summed E-state index contributed by atoms with van der Waals surface area (Å²) in [5, 5.41) is 6.27. The zero-order valence-electron chi connectivity index (χ0n) is 11.4. The van der Waals surface area contributed by atoms with Crippen LogP contribution in [0.5, 0.6) is 0 Å². The maximum Gasteiger partial charge on any atom is 0.237 e. The molecule has 1 saturated carbocycles. The smallest absolute Gasteiger partial charge is 0.237 e. The second-order valence-electron chi connectivity index (χ2n) is 5.30. The van der Waals surface area contributed by atoms with Gasteiger partial charge in [-0.05, 0) is 26.3 Å². The fraction of sp³-hybridized carbons (Fsp3) is 0.923. The molecule has 1 saturated heterocycles. The van der Waals surface area contributed by atoms with Crippen molar-refractivity contribution in [3.8, 4) is 0 Å². The monoisotopic (exact) mass is 255 g/mol. The van der Waals surface area contributed by atoms with Crippen molar-refractivity contribution in [2.24, 2.45) is 0 Å². The summed E-state index contributed by atoms with van der Waals surface area (Å²) in [4.78, 5) is 14.1. The fourth-order valence-corrected chi connectivity index (χ4v) is 2.15. The topological polar surface area (TPSA) is 53.6 Å². The molecule has 2 rings (SSSR count). The van der Waals surface area contributed by atoms with Gasteiger partial charge >= 0.3 is 0 Å². The standard InChI is InChI=1S/C13H25N3O2/c1-3-16-6-7-18-12(9-16)8-14-10(2)13(17)15-11-4-5-11/h10-12,14H,3-9H2,1-2H3,(H,15,17). The third-order valence-corrected chi connectivity index (χ3v) is 3.64. The van der Waals surface area contributed by atoms with Crippen LogP contribution in [0.1, 0.15) is 26.7 Å². The van der Waals surface area contributed by atoms with Crippen LogP contribution < -0.4 is 10.6 Å². The van der Waals surface area contributed by atoms with E-state index in [-0.39, 0.29) is 18.1 Å². The van der Waals surface area contributed by atoms with Gasteiger partial charge in [-0.1, -0.05) is 6.92 Å². The molecule has 104 valence electrons. The van der Waals surface area contributed by atoms with Gasteiger partial charge in [0.2, 0.25) is 5.91 Å². The molecule has 5 heteroatoms. The first-order valence-corrected chi connectivity index (χ1v) is 7.06. The lowest BCUT2D eigenvalue weighted by atomic mass is 10.2. The van der Waals surface area contributed by atoms with Gasteiger partial charge in [0.1, 0.15) is 0 Å². The first-order chi connectivity index (χ1) is 8.69. The van der Waals surface area contributed by atoms with Gasteiger partial charge in [0.25, 0.3) is 0 Å². The largest absolute Gasteiger partial charge is 0.374 e. The molecule has 1 aliphatic carbocycles. The number of morpholine rings is 1. The fourth-order valence-electron chi connectivity index (χ4n) is 2.15. The zero-order valence-corrected chi connectivity index (χ0v) is 11.4. The first kappa shape index (κ1) is 13.8. The van der Waals surface area contributed by atoms with Gasteiger partial charge in [-0.3, -0.25) is 9.69 Å². The highest BCUT2D eigenvalue weighted by molar-refractivity contribution is 5.81. The maximum atomic E-state index is 11.8. The van der Waals surface area contributed by atoms with Crippen LogP contribution in [0.15, 0.2) is 0 Å². The Morgan fingerprint density at radius 3 is 2.94 bits per heavy atom. The van der Waals surface area contributed by atoms with E-state index in [4.69, 9.17) is 4.74 Å². The number of nitrogens with one attached hydrogen (secondary N) is 2. The van der Waals surface area contributed by atoms with E-state index in [0.29, 0.717) is 6.04 Å². The third kappa shape index (κ3) is 4.23. The Morgan fingerprint density at radius 1 is 1.50 bits per heavy atom. The van der Waals surface area contributed by atoms with Crippen LogP contribution in [0.3, 0.4) is 0 Å². The van der Waals surface area contributed by atoms with E-state index in [9.17, 15) is 4.79 Å². The number of rotatable bonds is 6. The molecule has 2 fully saturated rings. The Bertz CT molecular complexity index is 281. The van der Waals surface area contributed by atoms with Crippen LogP contribution in [0.4, 0.5) is 0 Å². The van der Waals surface area contributed by atoms with Crippen LogP contribution in [0.2, 0.25) is 0 Å². The van der Waals surface area contributed by atoms with Crippen molar-refractivity contribution < 1.29 is 9.53 Å². The van der Waals surface area contributed by atoms with E-state index in [1.807, 2.05) is 6.92 Å². The highest BCUT2D eigenvalue weighted by atomic mass is 16.5. The molecule has 18 heavy (non-hydrogen) atoms. The molecule has 1 aliphatic heterocycles. The Kier molecular flexibility index (Phi) is 4.97. The van der Waals surface area contributed by atoms with Crippen LogP contribution in [-0.2, 0) is 9.53 Å². The second kappa shape index (κ2) is 6.50. The number of ether oxygens (including phenoxy) is 1. The van der Waals surface area contributed by atoms with Crippen molar-refractivity contribution in [1.29, 1.82) is 0 Å². The predicted octanol–water partition coefficient (Wildman–Crippen LogP) is -0.0362. The molecule has 0 spiro atoms. The zero-order chi connectivity index (χ0) is 13.0. The SMILES string of the molecule is CCN1CCOC(CNC(C)C(=O)NC2CC2)C1. The number of hydrogen-bond donors (Lipinski definition) is 2. The van der Waals surface area contributed by atoms with E-state index < -0.39 is 0 Å². The third-order valence-electron chi connectivity index (χ3n) is 3.64. The number of amides is 1. The van der Waals surface area contributed by atoms with Crippen LogP contribution in [-0.4, -0.2) is 61.8 Å². The van der Waals surface area contributed by atoms with E-state index in [1.54, 1.807) is 0 Å². The Morgan fingerprint density at radius 2 is 2.28 bits per heavy atom. The molecular weight excluding hydrogens is 230 g/mol. The summed E-state index contributed by atoms with van der Waals surface area (Å²) < 4.78 is 5.70. The Balaban J connectivity index is 1.64. The molecule has 0 aromatic carbocycles. The van der Waals surface area contributed by atoms with Gasteiger partial charge in [0.05, 0.1) is 18.8 Å². The van der Waals surface area contributed by atoms with Crippen LogP contribution >= 0.6 is 0 Å². The van der Waals surface area contributed by atoms with Gasteiger partial charge in [-0.15, -0.1) is 0 Å². The van der Waals surface area contributed by atoms with E-state index in [2.05, 4.69) is 22.5 Å². The average Bonchev–Trinajstić information content (AvgIpc) is 3.20. The molecule has 2 atom stereocenters. The van der Waals surface area contributed by atoms with Crippen LogP contribution in [0, 0.1) is 0 Å². The highest BCUT2D eigenvalue weighted by Crippen LogP contribution is 2.18.